The highest BCUT2D eigenvalue weighted by Gasteiger charge is 2.34. The van der Waals surface area contributed by atoms with Crippen molar-refractivity contribution in [2.24, 2.45) is 0 Å². The minimum absolute atomic E-state index is 0.00367. The molecule has 0 saturated heterocycles. The molecule has 3 aromatic rings. The normalized spacial score (nSPS) is 15.1. The number of aliphatic hydroxyl groups excluding tert-OH is 1. The molecule has 0 fully saturated rings. The van der Waals surface area contributed by atoms with E-state index in [1.54, 1.807) is 6.07 Å². The van der Waals surface area contributed by atoms with E-state index in [0.717, 1.165) is 5.56 Å². The number of hydrogen-bond donors (Lipinski definition) is 1. The largest absolute Gasteiger partial charge is 0.466 e. The topological polar surface area (TPSA) is 133 Å². The van der Waals surface area contributed by atoms with Crippen LogP contribution in [-0.2, 0) is 11.2 Å². The maximum absolute atomic E-state index is 13.6. The molecule has 10 nitrogen and oxygen atoms in total. The summed E-state index contributed by atoms with van der Waals surface area (Å²) < 4.78 is 29.5. The van der Waals surface area contributed by atoms with Crippen molar-refractivity contribution in [3.8, 4) is 17.4 Å². The van der Waals surface area contributed by atoms with E-state index in [9.17, 15) is 14.0 Å². The van der Waals surface area contributed by atoms with Crippen molar-refractivity contribution in [2.45, 2.75) is 25.3 Å². The second-order valence-electron chi connectivity index (χ2n) is 6.28. The number of aromatic nitrogens is 4. The fourth-order valence-electron chi connectivity index (χ4n) is 3.08. The quantitative estimate of drug-likeness (QED) is 0.595. The Balaban J connectivity index is 1.60. The lowest BCUT2D eigenvalue weighted by Crippen LogP contribution is -2.31. The Hall–Kier alpha value is -3.34. The van der Waals surface area contributed by atoms with Crippen molar-refractivity contribution in [2.75, 3.05) is 13.2 Å². The lowest BCUT2D eigenvalue weighted by molar-refractivity contribution is -0.121. The monoisotopic (exact) mass is 390 g/mol. The summed E-state index contributed by atoms with van der Waals surface area (Å²) in [5.74, 6) is -1.53. The van der Waals surface area contributed by atoms with Crippen LogP contribution in [0.5, 0.6) is 5.88 Å². The zero-order chi connectivity index (χ0) is 19.7. The van der Waals surface area contributed by atoms with Gasteiger partial charge in [-0.25, -0.2) is 18.4 Å². The van der Waals surface area contributed by atoms with Crippen LogP contribution in [0.1, 0.15) is 30.0 Å². The molecule has 1 aliphatic rings. The van der Waals surface area contributed by atoms with Crippen molar-refractivity contribution in [3.63, 3.8) is 0 Å². The first-order valence-electron chi connectivity index (χ1n) is 8.53. The van der Waals surface area contributed by atoms with Gasteiger partial charge in [0.15, 0.2) is 5.78 Å². The molecule has 1 atom stereocenters. The predicted molar refractivity (Wildman–Crippen MR) is 89.1 cm³/mol. The predicted octanol–water partition coefficient (Wildman–Crippen LogP) is 0.891. The molecule has 1 unspecified atom stereocenters. The molecule has 0 saturated carbocycles. The Morgan fingerprint density at radius 2 is 2.21 bits per heavy atom. The Morgan fingerprint density at radius 3 is 3.04 bits per heavy atom. The van der Waals surface area contributed by atoms with Gasteiger partial charge in [0.25, 0.3) is 5.88 Å². The van der Waals surface area contributed by atoms with Crippen LogP contribution in [0.3, 0.4) is 0 Å². The van der Waals surface area contributed by atoms with E-state index in [4.69, 9.17) is 14.4 Å². The first kappa shape index (κ1) is 18.0. The summed E-state index contributed by atoms with van der Waals surface area (Å²) in [5, 5.41) is 19.8. The summed E-state index contributed by atoms with van der Waals surface area (Å²) in [5.41, 5.74) is 1.55. The van der Waals surface area contributed by atoms with Gasteiger partial charge >= 0.3 is 5.76 Å². The molecule has 146 valence electrons. The summed E-state index contributed by atoms with van der Waals surface area (Å²) in [6.07, 6.45) is 0.966. The van der Waals surface area contributed by atoms with Gasteiger partial charge in [0.2, 0.25) is 11.5 Å². The van der Waals surface area contributed by atoms with Gasteiger partial charge in [-0.3, -0.25) is 9.32 Å². The van der Waals surface area contributed by atoms with Crippen molar-refractivity contribution in [1.29, 1.82) is 0 Å². The van der Waals surface area contributed by atoms with E-state index >= 15 is 0 Å². The number of aliphatic hydroxyl groups is 1. The molecule has 2 aromatic heterocycles. The molecule has 1 aliphatic carbocycles. The van der Waals surface area contributed by atoms with Crippen LogP contribution in [0.4, 0.5) is 4.39 Å². The average molecular weight is 390 g/mol. The first-order chi connectivity index (χ1) is 13.6. The molecule has 0 radical (unpaired) electrons. The lowest BCUT2D eigenvalue weighted by Gasteiger charge is -2.30. The third-order valence-corrected chi connectivity index (χ3v) is 4.48. The average Bonchev–Trinajstić information content (AvgIpc) is 3.28. The van der Waals surface area contributed by atoms with Crippen LogP contribution in [0.25, 0.3) is 11.5 Å². The standard InChI is InChI=1S/C17H15FN4O6/c18-10-4-3-9-6-13(12(9)7-10)22-15(20-27-17(22)25)14-16(21-28-19-14)26-8-11(24)2-1-5-23/h3-4,7,13,23H,1-2,5-6,8H2. The second kappa shape index (κ2) is 7.35. The number of hydrogen-bond acceptors (Lipinski definition) is 9. The highest BCUT2D eigenvalue weighted by Crippen LogP contribution is 2.38. The smallest absolute Gasteiger partial charge is 0.442 e. The molecule has 0 aliphatic heterocycles. The Bertz CT molecular complexity index is 1070. The number of fused-ring (bicyclic) bond motifs is 1. The van der Waals surface area contributed by atoms with Crippen molar-refractivity contribution in [3.05, 3.63) is 45.7 Å². The van der Waals surface area contributed by atoms with E-state index in [2.05, 4.69) is 20.1 Å². The molecule has 1 aromatic carbocycles. The van der Waals surface area contributed by atoms with E-state index < -0.39 is 17.6 Å². The van der Waals surface area contributed by atoms with Crippen LogP contribution in [-0.4, -0.2) is 44.1 Å². The number of halogens is 1. The number of ether oxygens (including phenoxy) is 1. The van der Waals surface area contributed by atoms with Crippen LogP contribution >= 0.6 is 0 Å². The van der Waals surface area contributed by atoms with Gasteiger partial charge in [0, 0.05) is 13.0 Å². The molecule has 0 spiro atoms. The van der Waals surface area contributed by atoms with Gasteiger partial charge in [0.05, 0.1) is 6.04 Å². The van der Waals surface area contributed by atoms with Gasteiger partial charge in [0.1, 0.15) is 12.4 Å². The van der Waals surface area contributed by atoms with Gasteiger partial charge in [-0.2, -0.15) is 0 Å². The molecule has 0 bridgehead atoms. The number of Topliss-reactive ketones (excluding diaryl/α,β-unsaturated/α-hetero) is 1. The number of rotatable bonds is 8. The third-order valence-electron chi connectivity index (χ3n) is 4.48. The van der Waals surface area contributed by atoms with Crippen LogP contribution < -0.4 is 10.5 Å². The van der Waals surface area contributed by atoms with Crippen molar-refractivity contribution in [1.82, 2.24) is 20.0 Å². The number of ketones is 1. The molecular formula is C17H15FN4O6. The number of benzene rings is 1. The summed E-state index contributed by atoms with van der Waals surface area (Å²) in [4.78, 5) is 23.9. The summed E-state index contributed by atoms with van der Waals surface area (Å²) in [6, 6.07) is 3.89. The second-order valence-corrected chi connectivity index (χ2v) is 6.28. The Labute approximate surface area is 156 Å². The molecule has 4 rings (SSSR count). The van der Waals surface area contributed by atoms with Gasteiger partial charge in [-0.15, -0.1) is 0 Å². The van der Waals surface area contributed by atoms with Crippen LogP contribution in [0.2, 0.25) is 0 Å². The highest BCUT2D eigenvalue weighted by atomic mass is 19.1. The maximum atomic E-state index is 13.6. The molecule has 28 heavy (non-hydrogen) atoms. The first-order valence-corrected chi connectivity index (χ1v) is 8.53. The van der Waals surface area contributed by atoms with E-state index in [0.29, 0.717) is 18.4 Å². The van der Waals surface area contributed by atoms with E-state index in [1.165, 1.54) is 16.7 Å². The number of nitrogens with zero attached hydrogens (tertiary/aromatic N) is 4. The highest BCUT2D eigenvalue weighted by molar-refractivity contribution is 5.80. The van der Waals surface area contributed by atoms with E-state index in [-0.39, 0.29) is 42.8 Å². The number of carbonyl (C=O) groups excluding carboxylic acids is 1. The molecule has 0 amide bonds. The maximum Gasteiger partial charge on any atom is 0.442 e. The summed E-state index contributed by atoms with van der Waals surface area (Å²) in [6.45, 7) is -0.405. The molecule has 2 heterocycles. The molecule has 1 N–H and O–H groups in total. The Morgan fingerprint density at radius 1 is 1.36 bits per heavy atom. The minimum Gasteiger partial charge on any atom is -0.466 e. The third kappa shape index (κ3) is 3.20. The zero-order valence-corrected chi connectivity index (χ0v) is 14.5. The van der Waals surface area contributed by atoms with E-state index in [1.807, 2.05) is 0 Å². The SMILES string of the molecule is O=C(CCCO)COc1nonc1-c1noc(=O)n1C1Cc2ccc(F)cc21. The van der Waals surface area contributed by atoms with Gasteiger partial charge < -0.3 is 9.84 Å². The van der Waals surface area contributed by atoms with Gasteiger partial charge in [-0.1, -0.05) is 11.2 Å². The molecular weight excluding hydrogens is 375 g/mol. The minimum atomic E-state index is -0.747. The Kier molecular flexibility index (Phi) is 4.74. The van der Waals surface area contributed by atoms with Gasteiger partial charge in [-0.05, 0) is 46.4 Å². The summed E-state index contributed by atoms with van der Waals surface area (Å²) >= 11 is 0. The van der Waals surface area contributed by atoms with Crippen LogP contribution in [0.15, 0.2) is 32.1 Å². The molecule has 11 heteroatoms. The zero-order valence-electron chi connectivity index (χ0n) is 14.5. The van der Waals surface area contributed by atoms with Crippen molar-refractivity contribution >= 4 is 5.78 Å². The van der Waals surface area contributed by atoms with Crippen LogP contribution in [0, 0.1) is 5.82 Å². The fourth-order valence-corrected chi connectivity index (χ4v) is 3.08. The number of carbonyl (C=O) groups is 1. The fraction of sp³-hybridized carbons (Fsp3) is 0.353. The lowest BCUT2D eigenvalue weighted by atomic mass is 9.83. The summed E-state index contributed by atoms with van der Waals surface area (Å²) in [7, 11) is 0. The van der Waals surface area contributed by atoms with Crippen molar-refractivity contribution < 1.29 is 28.2 Å².